The van der Waals surface area contributed by atoms with E-state index in [9.17, 15) is 4.79 Å². The molecule has 0 aliphatic carbocycles. The first-order valence-electron chi connectivity index (χ1n) is 9.81. The standard InChI is InChI=1S/C22H26N4O2/c1-15-9-10-16(2)20(14-15)28-13-11-23-22(27)26-12-5-8-19(26)21-24-17-6-3-4-7-18(17)25-21/h3-4,6-7,9-10,14,19H,5,8,11-13H2,1-2H3,(H,23,27)(H,24,25)/t19-/m0/s1. The molecule has 28 heavy (non-hydrogen) atoms. The number of ether oxygens (including phenoxy) is 1. The third-order valence-electron chi connectivity index (χ3n) is 5.22. The molecule has 2 amide bonds. The van der Waals surface area contributed by atoms with Gasteiger partial charge in [0.15, 0.2) is 0 Å². The van der Waals surface area contributed by atoms with E-state index in [0.29, 0.717) is 13.2 Å². The first-order chi connectivity index (χ1) is 13.6. The van der Waals surface area contributed by atoms with Gasteiger partial charge in [-0.05, 0) is 56.0 Å². The Kier molecular flexibility index (Phi) is 5.19. The average molecular weight is 378 g/mol. The third-order valence-corrected chi connectivity index (χ3v) is 5.22. The molecule has 1 aromatic heterocycles. The van der Waals surface area contributed by atoms with Crippen LogP contribution in [0.3, 0.4) is 0 Å². The number of H-pyrrole nitrogens is 1. The molecule has 6 heteroatoms. The van der Waals surface area contributed by atoms with E-state index in [1.807, 2.05) is 55.1 Å². The highest BCUT2D eigenvalue weighted by molar-refractivity contribution is 5.77. The minimum absolute atomic E-state index is 0.00710. The van der Waals surface area contributed by atoms with Crippen molar-refractivity contribution in [1.29, 1.82) is 0 Å². The number of urea groups is 1. The normalized spacial score (nSPS) is 16.5. The number of carbonyl (C=O) groups excluding carboxylic acids is 1. The number of likely N-dealkylation sites (tertiary alicyclic amines) is 1. The van der Waals surface area contributed by atoms with Gasteiger partial charge in [0.1, 0.15) is 18.2 Å². The lowest BCUT2D eigenvalue weighted by atomic mass is 10.1. The molecule has 1 aliphatic rings. The molecule has 0 unspecified atom stereocenters. The number of amides is 2. The number of aromatic amines is 1. The number of rotatable bonds is 5. The van der Waals surface area contributed by atoms with Crippen LogP contribution in [0.2, 0.25) is 0 Å². The number of nitrogens with zero attached hydrogens (tertiary/aromatic N) is 2. The SMILES string of the molecule is Cc1ccc(C)c(OCCNC(=O)N2CCC[C@H]2c2nc3ccccc3[nH]2)c1. The Bertz CT molecular complexity index is 949. The number of hydrogen-bond acceptors (Lipinski definition) is 3. The van der Waals surface area contributed by atoms with Crippen molar-refractivity contribution < 1.29 is 9.53 Å². The summed E-state index contributed by atoms with van der Waals surface area (Å²) in [6, 6.07) is 14.0. The maximum Gasteiger partial charge on any atom is 0.318 e. The van der Waals surface area contributed by atoms with Gasteiger partial charge in [0, 0.05) is 6.54 Å². The van der Waals surface area contributed by atoms with Crippen LogP contribution < -0.4 is 10.1 Å². The average Bonchev–Trinajstić information content (AvgIpc) is 3.34. The summed E-state index contributed by atoms with van der Waals surface area (Å²) in [6.07, 6.45) is 1.90. The molecule has 1 atom stereocenters. The zero-order valence-corrected chi connectivity index (χ0v) is 16.4. The van der Waals surface area contributed by atoms with Gasteiger partial charge in [-0.25, -0.2) is 9.78 Å². The Balaban J connectivity index is 1.34. The van der Waals surface area contributed by atoms with Gasteiger partial charge >= 0.3 is 6.03 Å². The van der Waals surface area contributed by atoms with Gasteiger partial charge in [0.05, 0.1) is 23.6 Å². The Labute approximate surface area is 164 Å². The van der Waals surface area contributed by atoms with Crippen molar-refractivity contribution in [3.05, 3.63) is 59.4 Å². The largest absolute Gasteiger partial charge is 0.491 e. The molecule has 1 saturated heterocycles. The van der Waals surface area contributed by atoms with Crippen LogP contribution in [0, 0.1) is 13.8 Å². The summed E-state index contributed by atoms with van der Waals surface area (Å²) in [6.45, 7) is 5.72. The highest BCUT2D eigenvalue weighted by Gasteiger charge is 2.32. The lowest BCUT2D eigenvalue weighted by Crippen LogP contribution is -2.41. The van der Waals surface area contributed by atoms with Crippen LogP contribution in [0.25, 0.3) is 11.0 Å². The van der Waals surface area contributed by atoms with Crippen molar-refractivity contribution in [3.8, 4) is 5.75 Å². The lowest BCUT2D eigenvalue weighted by molar-refractivity contribution is 0.188. The predicted molar refractivity (Wildman–Crippen MR) is 110 cm³/mol. The zero-order chi connectivity index (χ0) is 19.5. The fourth-order valence-corrected chi connectivity index (χ4v) is 3.71. The summed E-state index contributed by atoms with van der Waals surface area (Å²) in [4.78, 5) is 22.6. The maximum absolute atomic E-state index is 12.7. The molecule has 1 fully saturated rings. The number of benzene rings is 2. The van der Waals surface area contributed by atoms with Crippen molar-refractivity contribution in [3.63, 3.8) is 0 Å². The summed E-state index contributed by atoms with van der Waals surface area (Å²) in [7, 11) is 0. The van der Waals surface area contributed by atoms with Crippen molar-refractivity contribution in [1.82, 2.24) is 20.2 Å². The lowest BCUT2D eigenvalue weighted by Gasteiger charge is -2.23. The van der Waals surface area contributed by atoms with E-state index in [-0.39, 0.29) is 12.1 Å². The van der Waals surface area contributed by atoms with Crippen LogP contribution in [-0.4, -0.2) is 40.6 Å². The Morgan fingerprint density at radius 3 is 3.00 bits per heavy atom. The summed E-state index contributed by atoms with van der Waals surface area (Å²) in [5.41, 5.74) is 4.20. The van der Waals surface area contributed by atoms with E-state index < -0.39 is 0 Å². The molecule has 0 bridgehead atoms. The molecule has 1 aliphatic heterocycles. The quantitative estimate of drug-likeness (QED) is 0.657. The molecular formula is C22H26N4O2. The van der Waals surface area contributed by atoms with Gasteiger partial charge in [-0.3, -0.25) is 0 Å². The Morgan fingerprint density at radius 1 is 1.29 bits per heavy atom. The van der Waals surface area contributed by atoms with Crippen molar-refractivity contribution in [2.45, 2.75) is 32.7 Å². The molecule has 0 radical (unpaired) electrons. The van der Waals surface area contributed by atoms with Crippen LogP contribution in [0.1, 0.15) is 35.8 Å². The number of carbonyl (C=O) groups is 1. The summed E-state index contributed by atoms with van der Waals surface area (Å²) < 4.78 is 5.83. The second-order valence-corrected chi connectivity index (χ2v) is 7.34. The van der Waals surface area contributed by atoms with Crippen LogP contribution in [0.5, 0.6) is 5.75 Å². The topological polar surface area (TPSA) is 70.2 Å². The number of para-hydroxylation sites is 2. The van der Waals surface area contributed by atoms with E-state index in [2.05, 4.69) is 21.4 Å². The molecule has 2 heterocycles. The fraction of sp³-hybridized carbons (Fsp3) is 0.364. The third kappa shape index (κ3) is 3.81. The van der Waals surface area contributed by atoms with Crippen LogP contribution in [-0.2, 0) is 0 Å². The van der Waals surface area contributed by atoms with Gasteiger partial charge in [0.25, 0.3) is 0 Å². The number of fused-ring (bicyclic) bond motifs is 1. The van der Waals surface area contributed by atoms with E-state index in [4.69, 9.17) is 4.74 Å². The first-order valence-corrected chi connectivity index (χ1v) is 9.81. The highest BCUT2D eigenvalue weighted by Crippen LogP contribution is 2.31. The molecule has 0 saturated carbocycles. The number of hydrogen-bond donors (Lipinski definition) is 2. The Morgan fingerprint density at radius 2 is 2.14 bits per heavy atom. The van der Waals surface area contributed by atoms with Gasteiger partial charge in [-0.1, -0.05) is 24.3 Å². The van der Waals surface area contributed by atoms with E-state index in [0.717, 1.165) is 53.1 Å². The number of imidazole rings is 1. The molecule has 0 spiro atoms. The van der Waals surface area contributed by atoms with E-state index in [1.54, 1.807) is 0 Å². The highest BCUT2D eigenvalue weighted by atomic mass is 16.5. The van der Waals surface area contributed by atoms with Crippen molar-refractivity contribution in [2.24, 2.45) is 0 Å². The summed E-state index contributed by atoms with van der Waals surface area (Å²) in [5, 5.41) is 2.98. The minimum atomic E-state index is -0.0625. The van der Waals surface area contributed by atoms with Crippen LogP contribution in [0.4, 0.5) is 4.79 Å². The number of aryl methyl sites for hydroxylation is 2. The number of aromatic nitrogens is 2. The summed E-state index contributed by atoms with van der Waals surface area (Å²) >= 11 is 0. The smallest absolute Gasteiger partial charge is 0.318 e. The first kappa shape index (κ1) is 18.3. The summed E-state index contributed by atoms with van der Waals surface area (Å²) in [5.74, 6) is 1.73. The van der Waals surface area contributed by atoms with Crippen molar-refractivity contribution in [2.75, 3.05) is 19.7 Å². The predicted octanol–water partition coefficient (Wildman–Crippen LogP) is 4.11. The van der Waals surface area contributed by atoms with Gasteiger partial charge in [0.2, 0.25) is 0 Å². The molecular weight excluding hydrogens is 352 g/mol. The molecule has 4 rings (SSSR count). The van der Waals surface area contributed by atoms with Gasteiger partial charge in [-0.15, -0.1) is 0 Å². The zero-order valence-electron chi connectivity index (χ0n) is 16.4. The fourth-order valence-electron chi connectivity index (χ4n) is 3.71. The second-order valence-electron chi connectivity index (χ2n) is 7.34. The van der Waals surface area contributed by atoms with Crippen LogP contribution >= 0.6 is 0 Å². The Hall–Kier alpha value is -3.02. The monoisotopic (exact) mass is 378 g/mol. The molecule has 3 aromatic rings. The molecule has 2 N–H and O–H groups in total. The second kappa shape index (κ2) is 7.92. The maximum atomic E-state index is 12.7. The molecule has 6 nitrogen and oxygen atoms in total. The number of nitrogens with one attached hydrogen (secondary N) is 2. The van der Waals surface area contributed by atoms with Gasteiger partial charge in [-0.2, -0.15) is 0 Å². The minimum Gasteiger partial charge on any atom is -0.491 e. The van der Waals surface area contributed by atoms with E-state index >= 15 is 0 Å². The molecule has 2 aromatic carbocycles. The van der Waals surface area contributed by atoms with Crippen LogP contribution in [0.15, 0.2) is 42.5 Å². The molecule has 146 valence electrons. The van der Waals surface area contributed by atoms with E-state index in [1.165, 1.54) is 0 Å². The van der Waals surface area contributed by atoms with Gasteiger partial charge < -0.3 is 19.9 Å². The van der Waals surface area contributed by atoms with Crippen molar-refractivity contribution >= 4 is 17.1 Å².